The van der Waals surface area contributed by atoms with Crippen LogP contribution in [0.4, 0.5) is 0 Å². The van der Waals surface area contributed by atoms with Crippen molar-refractivity contribution in [2.45, 2.75) is 71.4 Å². The van der Waals surface area contributed by atoms with Crippen LogP contribution in [0, 0.1) is 12.8 Å². The molecule has 0 bridgehead atoms. The Morgan fingerprint density at radius 3 is 2.79 bits per heavy atom. The molecular weight excluding hydrogens is 236 g/mol. The summed E-state index contributed by atoms with van der Waals surface area (Å²) in [6.45, 7) is 5.13. The molecule has 1 saturated carbocycles. The Morgan fingerprint density at radius 1 is 1.42 bits per heavy atom. The Balaban J connectivity index is 1.93. The highest BCUT2D eigenvalue weighted by Crippen LogP contribution is 2.28. The number of nitrogens with two attached hydrogens (primary N) is 1. The minimum Gasteiger partial charge on any atom is -0.271 e. The molecule has 0 saturated heterocycles. The maximum atomic E-state index is 5.76. The van der Waals surface area contributed by atoms with Gasteiger partial charge in [-0.2, -0.15) is 5.10 Å². The lowest BCUT2D eigenvalue weighted by Crippen LogP contribution is -2.39. The monoisotopic (exact) mass is 264 g/mol. The fourth-order valence-corrected chi connectivity index (χ4v) is 3.33. The molecule has 0 spiro atoms. The van der Waals surface area contributed by atoms with Crippen LogP contribution in [0.2, 0.25) is 0 Å². The number of aryl methyl sites for hydroxylation is 2. The highest BCUT2D eigenvalue weighted by Gasteiger charge is 2.19. The van der Waals surface area contributed by atoms with E-state index in [1.54, 1.807) is 0 Å². The summed E-state index contributed by atoms with van der Waals surface area (Å²) in [6.07, 6.45) is 9.15. The number of rotatable bonds is 6. The van der Waals surface area contributed by atoms with Crippen LogP contribution in [-0.2, 0) is 13.0 Å². The summed E-state index contributed by atoms with van der Waals surface area (Å²) in [7, 11) is 0. The van der Waals surface area contributed by atoms with Gasteiger partial charge >= 0.3 is 0 Å². The summed E-state index contributed by atoms with van der Waals surface area (Å²) >= 11 is 0. The number of hydrogen-bond acceptors (Lipinski definition) is 3. The Morgan fingerprint density at radius 2 is 2.16 bits per heavy atom. The van der Waals surface area contributed by atoms with Crippen LogP contribution in [0.5, 0.6) is 0 Å². The van der Waals surface area contributed by atoms with Gasteiger partial charge in [0.2, 0.25) is 0 Å². The first kappa shape index (κ1) is 14.5. The zero-order chi connectivity index (χ0) is 13.7. The van der Waals surface area contributed by atoms with Crippen LogP contribution >= 0.6 is 0 Å². The smallest absolute Gasteiger partial charge is 0.0596 e. The third-order valence-corrected chi connectivity index (χ3v) is 4.32. The summed E-state index contributed by atoms with van der Waals surface area (Å²) in [5.41, 5.74) is 5.42. The maximum Gasteiger partial charge on any atom is 0.0596 e. The van der Waals surface area contributed by atoms with Crippen LogP contribution < -0.4 is 11.3 Å². The van der Waals surface area contributed by atoms with Gasteiger partial charge in [0, 0.05) is 24.7 Å². The topological polar surface area (TPSA) is 55.9 Å². The second-order valence-electron chi connectivity index (χ2n) is 5.90. The predicted molar refractivity (Wildman–Crippen MR) is 78.6 cm³/mol. The van der Waals surface area contributed by atoms with Crippen molar-refractivity contribution in [2.75, 3.05) is 0 Å². The second-order valence-corrected chi connectivity index (χ2v) is 5.90. The van der Waals surface area contributed by atoms with Gasteiger partial charge in [-0.05, 0) is 32.3 Å². The number of hydrogen-bond donors (Lipinski definition) is 2. The van der Waals surface area contributed by atoms with Crippen molar-refractivity contribution < 1.29 is 0 Å². The molecule has 2 rings (SSSR count). The molecule has 0 radical (unpaired) electrons. The largest absolute Gasteiger partial charge is 0.271 e. The molecular formula is C15H28N4. The van der Waals surface area contributed by atoms with Gasteiger partial charge in [-0.1, -0.05) is 32.1 Å². The van der Waals surface area contributed by atoms with Crippen molar-refractivity contribution >= 4 is 0 Å². The lowest BCUT2D eigenvalue weighted by atomic mass is 9.84. The maximum absolute atomic E-state index is 5.76. The molecule has 1 aliphatic carbocycles. The molecule has 3 N–H and O–H groups in total. The Hall–Kier alpha value is -0.870. The van der Waals surface area contributed by atoms with E-state index in [1.165, 1.54) is 44.2 Å². The van der Waals surface area contributed by atoms with Crippen molar-refractivity contribution in [2.24, 2.45) is 11.8 Å². The summed E-state index contributed by atoms with van der Waals surface area (Å²) in [5.74, 6) is 6.61. The first-order valence-electron chi connectivity index (χ1n) is 7.72. The lowest BCUT2D eigenvalue weighted by Gasteiger charge is -2.26. The fourth-order valence-electron chi connectivity index (χ4n) is 3.33. The molecule has 1 unspecified atom stereocenters. The normalized spacial score (nSPS) is 18.7. The molecule has 4 heteroatoms. The van der Waals surface area contributed by atoms with E-state index in [9.17, 15) is 0 Å². The van der Waals surface area contributed by atoms with E-state index in [1.807, 2.05) is 0 Å². The molecule has 108 valence electrons. The van der Waals surface area contributed by atoms with Crippen LogP contribution in [-0.4, -0.2) is 15.8 Å². The van der Waals surface area contributed by atoms with Gasteiger partial charge < -0.3 is 0 Å². The lowest BCUT2D eigenvalue weighted by molar-refractivity contribution is 0.296. The van der Waals surface area contributed by atoms with Crippen LogP contribution in [0.3, 0.4) is 0 Å². The van der Waals surface area contributed by atoms with Crippen molar-refractivity contribution in [3.8, 4) is 0 Å². The van der Waals surface area contributed by atoms with E-state index >= 15 is 0 Å². The first-order valence-corrected chi connectivity index (χ1v) is 7.72. The zero-order valence-corrected chi connectivity index (χ0v) is 12.4. The molecule has 1 aromatic rings. The van der Waals surface area contributed by atoms with Crippen LogP contribution in [0.15, 0.2) is 6.07 Å². The second kappa shape index (κ2) is 7.06. The SMILES string of the molecule is CCn1nc(C)cc1CC(CC1CCCCC1)NN. The average Bonchev–Trinajstić information content (AvgIpc) is 2.79. The third-order valence-electron chi connectivity index (χ3n) is 4.32. The fraction of sp³-hybridized carbons (Fsp3) is 0.800. The predicted octanol–water partition coefficient (Wildman–Crippen LogP) is 2.56. The molecule has 0 aliphatic heterocycles. The summed E-state index contributed by atoms with van der Waals surface area (Å²) in [5, 5.41) is 4.51. The van der Waals surface area contributed by atoms with Gasteiger partial charge in [0.15, 0.2) is 0 Å². The third kappa shape index (κ3) is 4.05. The van der Waals surface area contributed by atoms with E-state index in [0.717, 1.165) is 24.6 Å². The van der Waals surface area contributed by atoms with Gasteiger partial charge in [-0.25, -0.2) is 0 Å². The van der Waals surface area contributed by atoms with Gasteiger partial charge in [0.1, 0.15) is 0 Å². The van der Waals surface area contributed by atoms with Gasteiger partial charge in [-0.15, -0.1) is 0 Å². The highest BCUT2D eigenvalue weighted by molar-refractivity contribution is 5.10. The minimum atomic E-state index is 0.379. The quantitative estimate of drug-likeness (QED) is 0.613. The van der Waals surface area contributed by atoms with Crippen molar-refractivity contribution in [1.82, 2.24) is 15.2 Å². The number of aromatic nitrogens is 2. The molecule has 1 atom stereocenters. The molecule has 1 aliphatic rings. The highest BCUT2D eigenvalue weighted by atomic mass is 15.3. The van der Waals surface area contributed by atoms with Crippen molar-refractivity contribution in [1.29, 1.82) is 0 Å². The van der Waals surface area contributed by atoms with E-state index in [0.29, 0.717) is 6.04 Å². The van der Waals surface area contributed by atoms with Gasteiger partial charge in [0.05, 0.1) is 5.69 Å². The van der Waals surface area contributed by atoms with Crippen LogP contribution in [0.1, 0.15) is 56.8 Å². The van der Waals surface area contributed by atoms with E-state index < -0.39 is 0 Å². The molecule has 1 fully saturated rings. The molecule has 1 heterocycles. The minimum absolute atomic E-state index is 0.379. The molecule has 4 nitrogen and oxygen atoms in total. The van der Waals surface area contributed by atoms with Crippen molar-refractivity contribution in [3.63, 3.8) is 0 Å². The number of nitrogens with one attached hydrogen (secondary N) is 1. The summed E-state index contributed by atoms with van der Waals surface area (Å²) < 4.78 is 2.10. The van der Waals surface area contributed by atoms with E-state index in [4.69, 9.17) is 5.84 Å². The number of nitrogens with zero attached hydrogens (tertiary/aromatic N) is 2. The Bertz CT molecular complexity index is 379. The Labute approximate surface area is 116 Å². The zero-order valence-electron chi connectivity index (χ0n) is 12.4. The van der Waals surface area contributed by atoms with Crippen LogP contribution in [0.25, 0.3) is 0 Å². The molecule has 0 amide bonds. The standard InChI is InChI=1S/C15H28N4/c1-3-19-15(9-12(2)18-19)11-14(17-16)10-13-7-5-4-6-8-13/h9,13-14,17H,3-8,10-11,16H2,1-2H3. The average molecular weight is 264 g/mol. The number of hydrazine groups is 1. The van der Waals surface area contributed by atoms with E-state index in [2.05, 4.69) is 35.1 Å². The first-order chi connectivity index (χ1) is 9.22. The van der Waals surface area contributed by atoms with Gasteiger partial charge in [0.25, 0.3) is 0 Å². The molecule has 0 aromatic carbocycles. The van der Waals surface area contributed by atoms with E-state index in [-0.39, 0.29) is 0 Å². The summed E-state index contributed by atoms with van der Waals surface area (Å²) in [6, 6.07) is 2.57. The summed E-state index contributed by atoms with van der Waals surface area (Å²) in [4.78, 5) is 0. The Kier molecular flexibility index (Phi) is 5.40. The molecule has 1 aromatic heterocycles. The van der Waals surface area contributed by atoms with Crippen molar-refractivity contribution in [3.05, 3.63) is 17.5 Å². The molecule has 19 heavy (non-hydrogen) atoms. The van der Waals surface area contributed by atoms with Gasteiger partial charge in [-0.3, -0.25) is 16.0 Å².